The normalized spacial score (nSPS) is 21.2. The molecule has 0 radical (unpaired) electrons. The lowest BCUT2D eigenvalue weighted by Gasteiger charge is -2.35. The van der Waals surface area contributed by atoms with Crippen molar-refractivity contribution >= 4 is 44.2 Å². The summed E-state index contributed by atoms with van der Waals surface area (Å²) in [5, 5.41) is 4.49. The summed E-state index contributed by atoms with van der Waals surface area (Å²) in [5.41, 5.74) is 1.99. The van der Waals surface area contributed by atoms with Crippen molar-refractivity contribution in [2.24, 2.45) is 0 Å². The molecular formula is C18H20ClN5OS. The van der Waals surface area contributed by atoms with Crippen LogP contribution in [-0.4, -0.2) is 45.1 Å². The number of ether oxygens (including phenoxy) is 1. The average molecular weight is 390 g/mol. The van der Waals surface area contributed by atoms with E-state index in [-0.39, 0.29) is 12.2 Å². The van der Waals surface area contributed by atoms with Crippen molar-refractivity contribution in [2.45, 2.75) is 32.6 Å². The van der Waals surface area contributed by atoms with E-state index in [1.807, 2.05) is 24.3 Å². The van der Waals surface area contributed by atoms with Crippen molar-refractivity contribution < 1.29 is 4.74 Å². The molecule has 0 aliphatic carbocycles. The van der Waals surface area contributed by atoms with Crippen LogP contribution in [-0.2, 0) is 11.3 Å². The largest absolute Gasteiger partial charge is 0.373 e. The van der Waals surface area contributed by atoms with Gasteiger partial charge in [0, 0.05) is 25.8 Å². The van der Waals surface area contributed by atoms with Gasteiger partial charge in [0.05, 0.1) is 12.2 Å². The van der Waals surface area contributed by atoms with E-state index < -0.39 is 0 Å². The van der Waals surface area contributed by atoms with Crippen LogP contribution >= 0.6 is 22.9 Å². The summed E-state index contributed by atoms with van der Waals surface area (Å²) >= 11 is 7.74. The fourth-order valence-corrected chi connectivity index (χ4v) is 4.36. The second kappa shape index (κ2) is 7.44. The van der Waals surface area contributed by atoms with Gasteiger partial charge in [0.25, 0.3) is 0 Å². The lowest BCUT2D eigenvalue weighted by atomic mass is 10.2. The lowest BCUT2D eigenvalue weighted by Crippen LogP contribution is -2.44. The zero-order valence-electron chi connectivity index (χ0n) is 14.6. The molecule has 2 unspecified atom stereocenters. The molecule has 4 rings (SSSR count). The maximum Gasteiger partial charge on any atom is 0.190 e. The van der Waals surface area contributed by atoms with Gasteiger partial charge < -0.3 is 10.1 Å². The maximum atomic E-state index is 6.25. The zero-order chi connectivity index (χ0) is 18.1. The van der Waals surface area contributed by atoms with Crippen LogP contribution in [0.3, 0.4) is 0 Å². The Morgan fingerprint density at radius 2 is 2.08 bits per heavy atom. The number of halogens is 1. The average Bonchev–Trinajstić information content (AvgIpc) is 2.95. The fraction of sp³-hybridized carbons (Fsp3) is 0.389. The Morgan fingerprint density at radius 1 is 1.27 bits per heavy atom. The van der Waals surface area contributed by atoms with Crippen LogP contribution < -0.4 is 5.32 Å². The third-order valence-electron chi connectivity index (χ3n) is 4.16. The fourth-order valence-electron chi connectivity index (χ4n) is 3.31. The highest BCUT2D eigenvalue weighted by Gasteiger charge is 2.22. The van der Waals surface area contributed by atoms with Gasteiger partial charge in [0.2, 0.25) is 0 Å². The van der Waals surface area contributed by atoms with E-state index in [1.54, 1.807) is 6.20 Å². The van der Waals surface area contributed by atoms with Gasteiger partial charge in [-0.15, -0.1) is 0 Å². The van der Waals surface area contributed by atoms with Crippen LogP contribution in [0.4, 0.5) is 10.9 Å². The summed E-state index contributed by atoms with van der Waals surface area (Å²) in [6, 6.07) is 7.76. The van der Waals surface area contributed by atoms with Crippen LogP contribution in [0.5, 0.6) is 0 Å². The SMILES string of the molecule is CC1CN(Cc2cc(Cl)nc(Nc3nc4cccnc4s3)c2)CC(C)O1. The molecule has 1 N–H and O–H groups in total. The van der Waals surface area contributed by atoms with Crippen molar-refractivity contribution in [3.63, 3.8) is 0 Å². The Kier molecular flexibility index (Phi) is 5.04. The highest BCUT2D eigenvalue weighted by atomic mass is 35.5. The minimum atomic E-state index is 0.240. The molecule has 1 aliphatic heterocycles. The molecule has 4 heterocycles. The molecule has 3 aromatic rings. The quantitative estimate of drug-likeness (QED) is 0.678. The Bertz CT molecular complexity index is 874. The van der Waals surface area contributed by atoms with Gasteiger partial charge in [-0.1, -0.05) is 22.9 Å². The second-order valence-electron chi connectivity index (χ2n) is 6.61. The van der Waals surface area contributed by atoms with Crippen molar-refractivity contribution in [3.8, 4) is 0 Å². The monoisotopic (exact) mass is 389 g/mol. The van der Waals surface area contributed by atoms with E-state index in [4.69, 9.17) is 16.3 Å². The van der Waals surface area contributed by atoms with E-state index in [0.717, 1.165) is 40.7 Å². The number of nitrogens with zero attached hydrogens (tertiary/aromatic N) is 4. The molecule has 1 aliphatic rings. The summed E-state index contributed by atoms with van der Waals surface area (Å²) in [5.74, 6) is 0.695. The second-order valence-corrected chi connectivity index (χ2v) is 7.97. The number of hydrogen-bond donors (Lipinski definition) is 1. The number of thiazole rings is 1. The van der Waals surface area contributed by atoms with Crippen molar-refractivity contribution in [1.82, 2.24) is 19.9 Å². The van der Waals surface area contributed by atoms with Crippen LogP contribution in [0.1, 0.15) is 19.4 Å². The number of aromatic nitrogens is 3. The molecule has 1 saturated heterocycles. The first-order chi connectivity index (χ1) is 12.5. The highest BCUT2D eigenvalue weighted by Crippen LogP contribution is 2.27. The van der Waals surface area contributed by atoms with E-state index in [1.165, 1.54) is 11.3 Å². The number of fused-ring (bicyclic) bond motifs is 1. The summed E-state index contributed by atoms with van der Waals surface area (Å²) in [6.45, 7) is 6.86. The third-order valence-corrected chi connectivity index (χ3v) is 5.24. The van der Waals surface area contributed by atoms with Gasteiger partial charge in [0.15, 0.2) is 5.13 Å². The topological polar surface area (TPSA) is 63.2 Å². The Labute approximate surface area is 161 Å². The number of nitrogens with one attached hydrogen (secondary N) is 1. The van der Waals surface area contributed by atoms with Gasteiger partial charge in [-0.2, -0.15) is 0 Å². The van der Waals surface area contributed by atoms with Crippen molar-refractivity contribution in [2.75, 3.05) is 18.4 Å². The van der Waals surface area contributed by atoms with E-state index in [2.05, 4.69) is 39.0 Å². The van der Waals surface area contributed by atoms with E-state index in [0.29, 0.717) is 11.0 Å². The van der Waals surface area contributed by atoms with Crippen molar-refractivity contribution in [1.29, 1.82) is 0 Å². The number of morpholine rings is 1. The number of hydrogen-bond acceptors (Lipinski definition) is 7. The number of anilines is 2. The van der Waals surface area contributed by atoms with Crippen LogP contribution in [0.25, 0.3) is 10.3 Å². The predicted molar refractivity (Wildman–Crippen MR) is 105 cm³/mol. The smallest absolute Gasteiger partial charge is 0.190 e. The molecule has 1 fully saturated rings. The van der Waals surface area contributed by atoms with Gasteiger partial charge in [-0.3, -0.25) is 4.90 Å². The van der Waals surface area contributed by atoms with E-state index in [9.17, 15) is 0 Å². The molecule has 0 bridgehead atoms. The first-order valence-corrected chi connectivity index (χ1v) is 9.77. The molecular weight excluding hydrogens is 370 g/mol. The summed E-state index contributed by atoms with van der Waals surface area (Å²) in [7, 11) is 0. The van der Waals surface area contributed by atoms with E-state index >= 15 is 0 Å². The first-order valence-electron chi connectivity index (χ1n) is 8.58. The predicted octanol–water partition coefficient (Wildman–Crippen LogP) is 4.09. The first kappa shape index (κ1) is 17.6. The number of pyridine rings is 2. The van der Waals surface area contributed by atoms with Gasteiger partial charge in [0.1, 0.15) is 21.3 Å². The minimum absolute atomic E-state index is 0.240. The molecule has 8 heteroatoms. The molecule has 26 heavy (non-hydrogen) atoms. The molecule has 0 saturated carbocycles. The van der Waals surface area contributed by atoms with Gasteiger partial charge >= 0.3 is 0 Å². The molecule has 6 nitrogen and oxygen atoms in total. The molecule has 3 aromatic heterocycles. The van der Waals surface area contributed by atoms with Crippen LogP contribution in [0.2, 0.25) is 5.15 Å². The standard InChI is InChI=1S/C18H20ClN5OS/c1-11-8-24(9-12(2)25-11)10-13-6-15(19)22-16(7-13)23-18-21-14-4-3-5-20-17(14)26-18/h3-7,11-12H,8-10H2,1-2H3,(H,21,22,23). The number of rotatable bonds is 4. The molecule has 0 aromatic carbocycles. The molecule has 2 atom stereocenters. The molecule has 0 spiro atoms. The minimum Gasteiger partial charge on any atom is -0.373 e. The van der Waals surface area contributed by atoms with Gasteiger partial charge in [-0.25, -0.2) is 15.0 Å². The Hall–Kier alpha value is -1.80. The summed E-state index contributed by atoms with van der Waals surface area (Å²) in [6.07, 6.45) is 2.25. The maximum absolute atomic E-state index is 6.25. The van der Waals surface area contributed by atoms with Gasteiger partial charge in [-0.05, 0) is 43.7 Å². The Balaban J connectivity index is 1.52. The summed E-state index contributed by atoms with van der Waals surface area (Å²) in [4.78, 5) is 16.5. The lowest BCUT2D eigenvalue weighted by molar-refractivity contribution is -0.0704. The third kappa shape index (κ3) is 4.12. The zero-order valence-corrected chi connectivity index (χ0v) is 16.2. The highest BCUT2D eigenvalue weighted by molar-refractivity contribution is 7.21. The molecule has 0 amide bonds. The van der Waals surface area contributed by atoms with Crippen molar-refractivity contribution in [3.05, 3.63) is 41.2 Å². The Morgan fingerprint density at radius 3 is 2.85 bits per heavy atom. The summed E-state index contributed by atoms with van der Waals surface area (Å²) < 4.78 is 5.80. The van der Waals surface area contributed by atoms with Crippen LogP contribution in [0, 0.1) is 0 Å². The molecule has 136 valence electrons. The van der Waals surface area contributed by atoms with Crippen LogP contribution in [0.15, 0.2) is 30.5 Å².